The third-order valence-electron chi connectivity index (χ3n) is 6.44. The Morgan fingerprint density at radius 2 is 1.66 bits per heavy atom. The monoisotopic (exact) mass is 463 g/mol. The fraction of sp³-hybridized carbons (Fsp3) is 0.636. The Bertz CT molecular complexity index is 713. The lowest BCUT2D eigenvalue weighted by molar-refractivity contribution is -0.136. The Balaban J connectivity index is 1.31. The van der Waals surface area contributed by atoms with Gasteiger partial charge in [-0.25, -0.2) is 0 Å². The van der Waals surface area contributed by atoms with Crippen molar-refractivity contribution in [1.29, 1.82) is 0 Å². The molecular weight excluding hydrogens is 434 g/mol. The van der Waals surface area contributed by atoms with Gasteiger partial charge in [0.1, 0.15) is 6.04 Å². The molecule has 0 saturated carbocycles. The first kappa shape index (κ1) is 20.8. The van der Waals surface area contributed by atoms with Crippen molar-refractivity contribution in [3.8, 4) is 0 Å². The first-order chi connectivity index (χ1) is 14.1. The van der Waals surface area contributed by atoms with Crippen LogP contribution in [0.1, 0.15) is 36.0 Å². The molecule has 0 spiro atoms. The highest BCUT2D eigenvalue weighted by atomic mass is 79.9. The molecule has 1 atom stereocenters. The summed E-state index contributed by atoms with van der Waals surface area (Å²) >= 11 is 3.41. The molecule has 1 unspecified atom stereocenters. The smallest absolute Gasteiger partial charge is 0.254 e. The van der Waals surface area contributed by atoms with Crippen LogP contribution in [0, 0.1) is 5.92 Å². The second-order valence-electron chi connectivity index (χ2n) is 8.35. The fourth-order valence-electron chi connectivity index (χ4n) is 4.72. The molecule has 7 heteroatoms. The largest absolute Gasteiger partial charge is 0.379 e. The molecule has 1 aromatic rings. The van der Waals surface area contributed by atoms with E-state index in [0.29, 0.717) is 18.0 Å². The normalized spacial score (nSPS) is 24.1. The molecule has 3 saturated heterocycles. The van der Waals surface area contributed by atoms with Crippen LogP contribution in [0.4, 0.5) is 0 Å². The van der Waals surface area contributed by atoms with E-state index in [9.17, 15) is 9.59 Å². The maximum atomic E-state index is 13.2. The van der Waals surface area contributed by atoms with Gasteiger partial charge in [-0.15, -0.1) is 0 Å². The Morgan fingerprint density at radius 1 is 0.966 bits per heavy atom. The molecule has 6 nitrogen and oxygen atoms in total. The fourth-order valence-corrected chi connectivity index (χ4v) is 4.98. The number of ether oxygens (including phenoxy) is 1. The number of piperidine rings is 1. The zero-order valence-electron chi connectivity index (χ0n) is 16.9. The van der Waals surface area contributed by atoms with Gasteiger partial charge < -0.3 is 14.5 Å². The number of benzene rings is 1. The van der Waals surface area contributed by atoms with E-state index in [1.54, 1.807) is 4.90 Å². The number of likely N-dealkylation sites (tertiary alicyclic amines) is 2. The molecule has 1 aromatic carbocycles. The Labute approximate surface area is 181 Å². The van der Waals surface area contributed by atoms with Gasteiger partial charge in [0.2, 0.25) is 5.91 Å². The number of carbonyl (C=O) groups excluding carboxylic acids is 2. The minimum atomic E-state index is -0.304. The first-order valence-electron chi connectivity index (χ1n) is 10.8. The summed E-state index contributed by atoms with van der Waals surface area (Å²) in [4.78, 5) is 32.4. The molecule has 0 aromatic heterocycles. The molecule has 0 aliphatic carbocycles. The second-order valence-corrected chi connectivity index (χ2v) is 9.26. The molecule has 0 N–H and O–H groups in total. The van der Waals surface area contributed by atoms with Crippen LogP contribution in [0.2, 0.25) is 0 Å². The van der Waals surface area contributed by atoms with Crippen molar-refractivity contribution < 1.29 is 14.3 Å². The summed E-state index contributed by atoms with van der Waals surface area (Å²) < 4.78 is 6.38. The molecule has 2 amide bonds. The standard InChI is InChI=1S/C22H30BrN3O3/c23-19-5-3-18(4-6-19)21(27)26-9-1-2-20(26)22(28)25-10-7-17(8-11-25)16-24-12-14-29-15-13-24/h3-6,17,20H,1-2,7-16H2. The molecule has 3 fully saturated rings. The number of rotatable bonds is 4. The third kappa shape index (κ3) is 5.01. The Morgan fingerprint density at radius 3 is 2.34 bits per heavy atom. The van der Waals surface area contributed by atoms with Crippen LogP contribution in [-0.4, -0.2) is 85.0 Å². The van der Waals surface area contributed by atoms with E-state index in [1.807, 2.05) is 29.2 Å². The number of morpholine rings is 1. The quantitative estimate of drug-likeness (QED) is 0.688. The second kappa shape index (κ2) is 9.58. The van der Waals surface area contributed by atoms with Crippen LogP contribution in [0.5, 0.6) is 0 Å². The highest BCUT2D eigenvalue weighted by molar-refractivity contribution is 9.10. The van der Waals surface area contributed by atoms with E-state index < -0.39 is 0 Å². The SMILES string of the molecule is O=C(C1CCCN1C(=O)c1ccc(Br)cc1)N1CCC(CN2CCOCC2)CC1. The molecule has 0 bridgehead atoms. The predicted octanol–water partition coefficient (Wildman–Crippen LogP) is 2.62. The van der Waals surface area contributed by atoms with Crippen molar-refractivity contribution in [2.45, 2.75) is 31.7 Å². The van der Waals surface area contributed by atoms with Gasteiger partial charge in [0.15, 0.2) is 0 Å². The highest BCUT2D eigenvalue weighted by Crippen LogP contribution is 2.26. The summed E-state index contributed by atoms with van der Waals surface area (Å²) in [5, 5.41) is 0. The van der Waals surface area contributed by atoms with Crippen molar-refractivity contribution in [3.63, 3.8) is 0 Å². The van der Waals surface area contributed by atoms with Crippen molar-refractivity contribution in [2.75, 3.05) is 52.5 Å². The van der Waals surface area contributed by atoms with Crippen LogP contribution >= 0.6 is 15.9 Å². The topological polar surface area (TPSA) is 53.1 Å². The van der Waals surface area contributed by atoms with Gasteiger partial charge in [-0.1, -0.05) is 15.9 Å². The maximum absolute atomic E-state index is 13.2. The van der Waals surface area contributed by atoms with E-state index in [0.717, 1.165) is 76.1 Å². The minimum absolute atomic E-state index is 0.0319. The van der Waals surface area contributed by atoms with Crippen molar-refractivity contribution in [3.05, 3.63) is 34.3 Å². The summed E-state index contributed by atoms with van der Waals surface area (Å²) in [7, 11) is 0. The zero-order valence-corrected chi connectivity index (χ0v) is 18.5. The van der Waals surface area contributed by atoms with Gasteiger partial charge in [-0.2, -0.15) is 0 Å². The Hall–Kier alpha value is -1.44. The van der Waals surface area contributed by atoms with Gasteiger partial charge in [0.25, 0.3) is 5.91 Å². The average molecular weight is 464 g/mol. The number of halogens is 1. The zero-order chi connectivity index (χ0) is 20.2. The summed E-state index contributed by atoms with van der Waals surface area (Å²) in [5.74, 6) is 0.759. The van der Waals surface area contributed by atoms with Crippen molar-refractivity contribution >= 4 is 27.7 Å². The van der Waals surface area contributed by atoms with Gasteiger partial charge in [0, 0.05) is 49.3 Å². The third-order valence-corrected chi connectivity index (χ3v) is 6.96. The summed E-state index contributed by atoms with van der Waals surface area (Å²) in [6, 6.07) is 7.09. The lowest BCUT2D eigenvalue weighted by Gasteiger charge is -2.38. The van der Waals surface area contributed by atoms with E-state index in [1.165, 1.54) is 0 Å². The number of nitrogens with zero attached hydrogens (tertiary/aromatic N) is 3. The highest BCUT2D eigenvalue weighted by Gasteiger charge is 2.38. The van der Waals surface area contributed by atoms with E-state index in [4.69, 9.17) is 4.74 Å². The molecular formula is C22H30BrN3O3. The molecule has 158 valence electrons. The average Bonchev–Trinajstić information content (AvgIpc) is 3.24. The van der Waals surface area contributed by atoms with E-state index >= 15 is 0 Å². The first-order valence-corrected chi connectivity index (χ1v) is 11.6. The van der Waals surface area contributed by atoms with Crippen molar-refractivity contribution in [2.24, 2.45) is 5.92 Å². The van der Waals surface area contributed by atoms with Crippen LogP contribution in [0.3, 0.4) is 0 Å². The van der Waals surface area contributed by atoms with E-state index in [-0.39, 0.29) is 17.9 Å². The lowest BCUT2D eigenvalue weighted by Crippen LogP contribution is -2.51. The van der Waals surface area contributed by atoms with Gasteiger partial charge in [-0.05, 0) is 55.9 Å². The summed E-state index contributed by atoms with van der Waals surface area (Å²) in [6.07, 6.45) is 3.77. The summed E-state index contributed by atoms with van der Waals surface area (Å²) in [6.45, 7) is 7.11. The van der Waals surface area contributed by atoms with Crippen LogP contribution < -0.4 is 0 Å². The van der Waals surface area contributed by atoms with Gasteiger partial charge in [-0.3, -0.25) is 14.5 Å². The van der Waals surface area contributed by atoms with Crippen molar-refractivity contribution in [1.82, 2.24) is 14.7 Å². The van der Waals surface area contributed by atoms with Crippen LogP contribution in [-0.2, 0) is 9.53 Å². The summed E-state index contributed by atoms with van der Waals surface area (Å²) in [5.41, 5.74) is 0.650. The lowest BCUT2D eigenvalue weighted by atomic mass is 9.95. The molecule has 29 heavy (non-hydrogen) atoms. The number of hydrogen-bond acceptors (Lipinski definition) is 4. The van der Waals surface area contributed by atoms with Gasteiger partial charge >= 0.3 is 0 Å². The molecule has 0 radical (unpaired) electrons. The molecule has 3 aliphatic heterocycles. The van der Waals surface area contributed by atoms with Crippen LogP contribution in [0.15, 0.2) is 28.7 Å². The Kier molecular flexibility index (Phi) is 6.88. The number of amides is 2. The maximum Gasteiger partial charge on any atom is 0.254 e. The molecule has 3 heterocycles. The molecule has 3 aliphatic rings. The molecule has 4 rings (SSSR count). The number of carbonyl (C=O) groups is 2. The minimum Gasteiger partial charge on any atom is -0.379 e. The van der Waals surface area contributed by atoms with Crippen LogP contribution in [0.25, 0.3) is 0 Å². The van der Waals surface area contributed by atoms with E-state index in [2.05, 4.69) is 20.8 Å². The predicted molar refractivity (Wildman–Crippen MR) is 115 cm³/mol. The number of hydrogen-bond donors (Lipinski definition) is 0. The van der Waals surface area contributed by atoms with Gasteiger partial charge in [0.05, 0.1) is 13.2 Å².